The van der Waals surface area contributed by atoms with Crippen LogP contribution in [0.15, 0.2) is 60.7 Å². The normalized spacial score (nSPS) is 13.3. The number of rotatable bonds is 7. The first-order valence-corrected chi connectivity index (χ1v) is 7.15. The Morgan fingerprint density at radius 3 is 1.27 bits per heavy atom. The van der Waals surface area contributed by atoms with Gasteiger partial charge in [0.25, 0.3) is 0 Å². The van der Waals surface area contributed by atoms with Crippen LogP contribution in [0.2, 0.25) is 0 Å². The largest absolute Gasteiger partial charge is 0.481 e. The molecule has 0 aliphatic carbocycles. The van der Waals surface area contributed by atoms with Gasteiger partial charge in [-0.15, -0.1) is 0 Å². The summed E-state index contributed by atoms with van der Waals surface area (Å²) in [4.78, 5) is 22.9. The summed E-state index contributed by atoms with van der Waals surface area (Å²) in [6, 6.07) is 17.9. The van der Waals surface area contributed by atoms with Crippen LogP contribution in [0.1, 0.15) is 35.8 Å². The van der Waals surface area contributed by atoms with Gasteiger partial charge < -0.3 is 10.2 Å². The van der Waals surface area contributed by atoms with E-state index in [0.29, 0.717) is 11.1 Å². The van der Waals surface area contributed by atoms with Crippen LogP contribution in [0.3, 0.4) is 0 Å². The summed E-state index contributed by atoms with van der Waals surface area (Å²) in [5.74, 6) is -3.23. The van der Waals surface area contributed by atoms with E-state index < -0.39 is 23.8 Å². The maximum Gasteiger partial charge on any atom is 0.310 e. The highest BCUT2D eigenvalue weighted by Crippen LogP contribution is 2.28. The first-order valence-electron chi connectivity index (χ1n) is 7.15. The number of carboxylic acid groups (broad SMARTS) is 2. The Bertz CT molecular complexity index is 565. The first kappa shape index (κ1) is 15.8. The molecule has 0 saturated carbocycles. The maximum atomic E-state index is 11.5. The van der Waals surface area contributed by atoms with E-state index in [9.17, 15) is 19.8 Å². The summed E-state index contributed by atoms with van der Waals surface area (Å²) in [7, 11) is 0. The summed E-state index contributed by atoms with van der Waals surface area (Å²) in [6.07, 6.45) is 0.566. The summed E-state index contributed by atoms with van der Waals surface area (Å²) >= 11 is 0. The Morgan fingerprint density at radius 2 is 1.00 bits per heavy atom. The van der Waals surface area contributed by atoms with Gasteiger partial charge in [0.1, 0.15) is 0 Å². The van der Waals surface area contributed by atoms with Crippen LogP contribution < -0.4 is 0 Å². The number of carboxylic acids is 2. The van der Waals surface area contributed by atoms with E-state index in [1.165, 1.54) is 0 Å². The third-order valence-corrected chi connectivity index (χ3v) is 3.74. The summed E-state index contributed by atoms with van der Waals surface area (Å²) in [5, 5.41) is 18.8. The number of hydrogen-bond donors (Lipinski definition) is 2. The lowest BCUT2D eigenvalue weighted by atomic mass is 9.87. The molecule has 0 radical (unpaired) electrons. The van der Waals surface area contributed by atoms with E-state index in [1.807, 2.05) is 12.1 Å². The lowest BCUT2D eigenvalue weighted by Crippen LogP contribution is -2.16. The molecular formula is C18H18O4. The molecule has 0 spiro atoms. The van der Waals surface area contributed by atoms with Crippen LogP contribution >= 0.6 is 0 Å². The van der Waals surface area contributed by atoms with Gasteiger partial charge in [-0.2, -0.15) is 0 Å². The van der Waals surface area contributed by atoms with Crippen LogP contribution in [0.5, 0.6) is 0 Å². The van der Waals surface area contributed by atoms with Crippen molar-refractivity contribution >= 4 is 11.9 Å². The third kappa shape index (κ3) is 3.95. The van der Waals surface area contributed by atoms with Gasteiger partial charge in [0.15, 0.2) is 0 Å². The van der Waals surface area contributed by atoms with Gasteiger partial charge in [0.05, 0.1) is 11.8 Å². The van der Waals surface area contributed by atoms with Crippen molar-refractivity contribution in [2.45, 2.75) is 24.7 Å². The van der Waals surface area contributed by atoms with Gasteiger partial charge in [-0.25, -0.2) is 0 Å². The van der Waals surface area contributed by atoms with Crippen LogP contribution in [-0.4, -0.2) is 22.2 Å². The molecule has 0 saturated heterocycles. The van der Waals surface area contributed by atoms with Crippen LogP contribution in [-0.2, 0) is 9.59 Å². The molecule has 114 valence electrons. The zero-order chi connectivity index (χ0) is 15.9. The Hall–Kier alpha value is -2.62. The smallest absolute Gasteiger partial charge is 0.310 e. The Balaban J connectivity index is 2.14. The second-order valence-electron chi connectivity index (χ2n) is 5.18. The SMILES string of the molecule is O=C(O)[C@H](CC[C@@H](C(=O)O)c1ccccc1)c1ccccc1. The minimum atomic E-state index is -0.927. The molecular weight excluding hydrogens is 280 g/mol. The van der Waals surface area contributed by atoms with Gasteiger partial charge in [-0.05, 0) is 24.0 Å². The number of hydrogen-bond acceptors (Lipinski definition) is 2. The topological polar surface area (TPSA) is 74.6 Å². The van der Waals surface area contributed by atoms with E-state index in [4.69, 9.17) is 0 Å². The molecule has 0 bridgehead atoms. The van der Waals surface area contributed by atoms with Crippen LogP contribution in [0.25, 0.3) is 0 Å². The van der Waals surface area contributed by atoms with Gasteiger partial charge >= 0.3 is 11.9 Å². The fourth-order valence-electron chi connectivity index (χ4n) is 2.57. The summed E-state index contributed by atoms with van der Waals surface area (Å²) in [5.41, 5.74) is 1.40. The monoisotopic (exact) mass is 298 g/mol. The molecule has 0 fully saturated rings. The maximum absolute atomic E-state index is 11.5. The number of aliphatic carboxylic acids is 2. The van der Waals surface area contributed by atoms with E-state index >= 15 is 0 Å². The molecule has 2 aromatic carbocycles. The molecule has 0 aromatic heterocycles. The average Bonchev–Trinajstić information content (AvgIpc) is 2.52. The van der Waals surface area contributed by atoms with Crippen molar-refractivity contribution in [3.05, 3.63) is 71.8 Å². The molecule has 0 amide bonds. The fraction of sp³-hybridized carbons (Fsp3) is 0.222. The standard InChI is InChI=1S/C18H18O4/c19-17(20)15(13-7-3-1-4-8-13)11-12-16(18(21)22)14-9-5-2-6-10-14/h1-10,15-16H,11-12H2,(H,19,20)(H,21,22)/t15-,16-/m1/s1. The molecule has 0 unspecified atom stereocenters. The van der Waals surface area contributed by atoms with Gasteiger partial charge in [0, 0.05) is 0 Å². The molecule has 4 nitrogen and oxygen atoms in total. The predicted octanol–water partition coefficient (Wildman–Crippen LogP) is 3.50. The molecule has 2 atom stereocenters. The summed E-state index contributed by atoms with van der Waals surface area (Å²) in [6.45, 7) is 0. The van der Waals surface area contributed by atoms with Gasteiger partial charge in [0.2, 0.25) is 0 Å². The number of benzene rings is 2. The van der Waals surface area contributed by atoms with E-state index in [1.54, 1.807) is 48.5 Å². The highest BCUT2D eigenvalue weighted by atomic mass is 16.4. The fourth-order valence-corrected chi connectivity index (χ4v) is 2.57. The highest BCUT2D eigenvalue weighted by molar-refractivity contribution is 5.77. The molecule has 0 aliphatic heterocycles. The zero-order valence-electron chi connectivity index (χ0n) is 12.1. The molecule has 4 heteroatoms. The second kappa shape index (κ2) is 7.41. The minimum absolute atomic E-state index is 0.283. The van der Waals surface area contributed by atoms with Gasteiger partial charge in [-0.3, -0.25) is 9.59 Å². The second-order valence-corrected chi connectivity index (χ2v) is 5.18. The molecule has 2 aromatic rings. The van der Waals surface area contributed by atoms with E-state index in [0.717, 1.165) is 0 Å². The van der Waals surface area contributed by atoms with Crippen LogP contribution in [0, 0.1) is 0 Å². The van der Waals surface area contributed by atoms with Crippen molar-refractivity contribution in [3.63, 3.8) is 0 Å². The molecule has 2 N–H and O–H groups in total. The molecule has 22 heavy (non-hydrogen) atoms. The van der Waals surface area contributed by atoms with Crippen molar-refractivity contribution in [1.29, 1.82) is 0 Å². The predicted molar refractivity (Wildman–Crippen MR) is 82.9 cm³/mol. The molecule has 0 heterocycles. The number of carbonyl (C=O) groups is 2. The zero-order valence-corrected chi connectivity index (χ0v) is 12.1. The van der Waals surface area contributed by atoms with Crippen LogP contribution in [0.4, 0.5) is 0 Å². The van der Waals surface area contributed by atoms with E-state index in [-0.39, 0.29) is 12.8 Å². The van der Waals surface area contributed by atoms with Crippen molar-refractivity contribution in [2.75, 3.05) is 0 Å². The average molecular weight is 298 g/mol. The van der Waals surface area contributed by atoms with Crippen molar-refractivity contribution < 1.29 is 19.8 Å². The Labute approximate surface area is 129 Å². The van der Waals surface area contributed by atoms with Crippen molar-refractivity contribution in [2.24, 2.45) is 0 Å². The first-order chi connectivity index (χ1) is 10.6. The summed E-state index contributed by atoms with van der Waals surface area (Å²) < 4.78 is 0. The molecule has 0 aliphatic rings. The molecule has 2 rings (SSSR count). The third-order valence-electron chi connectivity index (χ3n) is 3.74. The Kier molecular flexibility index (Phi) is 5.31. The van der Waals surface area contributed by atoms with Crippen molar-refractivity contribution in [3.8, 4) is 0 Å². The highest BCUT2D eigenvalue weighted by Gasteiger charge is 2.25. The quantitative estimate of drug-likeness (QED) is 0.820. The lowest BCUT2D eigenvalue weighted by molar-refractivity contribution is -0.141. The van der Waals surface area contributed by atoms with Crippen molar-refractivity contribution in [1.82, 2.24) is 0 Å². The minimum Gasteiger partial charge on any atom is -0.481 e. The Morgan fingerprint density at radius 1 is 0.682 bits per heavy atom. The van der Waals surface area contributed by atoms with Gasteiger partial charge in [-0.1, -0.05) is 60.7 Å². The lowest BCUT2D eigenvalue weighted by Gasteiger charge is -2.17. The van der Waals surface area contributed by atoms with E-state index in [2.05, 4.69) is 0 Å².